The molecule has 0 amide bonds. The highest BCUT2D eigenvalue weighted by Gasteiger charge is 2.62. The van der Waals surface area contributed by atoms with Crippen LogP contribution in [0, 0.1) is 17.3 Å². The van der Waals surface area contributed by atoms with Crippen molar-refractivity contribution in [3.05, 3.63) is 11.1 Å². The van der Waals surface area contributed by atoms with Crippen LogP contribution in [-0.2, 0) is 9.53 Å². The van der Waals surface area contributed by atoms with Gasteiger partial charge in [-0.05, 0) is 11.3 Å². The molecular formula is C10H12ClF3O2. The van der Waals surface area contributed by atoms with Gasteiger partial charge in [-0.1, -0.05) is 31.5 Å². The van der Waals surface area contributed by atoms with Crippen molar-refractivity contribution in [2.24, 2.45) is 17.3 Å². The summed E-state index contributed by atoms with van der Waals surface area (Å²) >= 11 is 5.12. The average molecular weight is 257 g/mol. The average Bonchev–Trinajstić information content (AvgIpc) is 2.65. The van der Waals surface area contributed by atoms with E-state index in [-0.39, 0.29) is 0 Å². The fourth-order valence-corrected chi connectivity index (χ4v) is 1.95. The Balaban J connectivity index is 2.83. The fourth-order valence-electron chi connectivity index (χ4n) is 1.82. The van der Waals surface area contributed by atoms with E-state index in [1.807, 2.05) is 0 Å². The van der Waals surface area contributed by atoms with Gasteiger partial charge in [0.1, 0.15) is 5.03 Å². The lowest BCUT2D eigenvalue weighted by molar-refractivity contribution is -0.143. The summed E-state index contributed by atoms with van der Waals surface area (Å²) in [5.74, 6) is -1.57. The van der Waals surface area contributed by atoms with Crippen LogP contribution in [0.15, 0.2) is 11.1 Å². The van der Waals surface area contributed by atoms with Crippen molar-refractivity contribution in [2.75, 3.05) is 7.11 Å². The van der Waals surface area contributed by atoms with Gasteiger partial charge in [0, 0.05) is 0 Å². The first-order valence-corrected chi connectivity index (χ1v) is 5.02. The standard InChI is InChI=1S/C10H12ClF3O2/c1-9(2)5(7(9)8(15)16-3)4-6(11)10(12,13)14/h4-5,7H,1-3H3/b6-4+/t5-,7-/m0/s1. The normalized spacial score (nSPS) is 28.8. The van der Waals surface area contributed by atoms with Crippen LogP contribution in [0.1, 0.15) is 13.8 Å². The molecule has 0 aromatic rings. The van der Waals surface area contributed by atoms with Gasteiger partial charge in [-0.25, -0.2) is 0 Å². The zero-order valence-corrected chi connectivity index (χ0v) is 9.82. The number of halogens is 4. The molecule has 0 N–H and O–H groups in total. The zero-order chi connectivity index (χ0) is 12.7. The van der Waals surface area contributed by atoms with E-state index in [0.717, 1.165) is 6.08 Å². The molecule has 0 aliphatic heterocycles. The summed E-state index contributed by atoms with van der Waals surface area (Å²) in [4.78, 5) is 11.3. The summed E-state index contributed by atoms with van der Waals surface area (Å²) in [6, 6.07) is 0. The maximum absolute atomic E-state index is 12.2. The molecule has 0 aromatic heterocycles. The van der Waals surface area contributed by atoms with Crippen molar-refractivity contribution in [1.82, 2.24) is 0 Å². The maximum atomic E-state index is 12.2. The number of ether oxygens (including phenoxy) is 1. The van der Waals surface area contributed by atoms with Crippen molar-refractivity contribution in [1.29, 1.82) is 0 Å². The molecule has 0 radical (unpaired) electrons. The number of carbonyl (C=O) groups excluding carboxylic acids is 1. The predicted octanol–water partition coefficient (Wildman–Crippen LogP) is 3.12. The maximum Gasteiger partial charge on any atom is 0.426 e. The molecule has 16 heavy (non-hydrogen) atoms. The van der Waals surface area contributed by atoms with Gasteiger partial charge in [-0.15, -0.1) is 0 Å². The fraction of sp³-hybridized carbons (Fsp3) is 0.700. The molecule has 2 nitrogen and oxygen atoms in total. The molecule has 0 unspecified atom stereocenters. The van der Waals surface area contributed by atoms with Gasteiger partial charge >= 0.3 is 12.1 Å². The molecule has 1 rings (SSSR count). The van der Waals surface area contributed by atoms with Crippen molar-refractivity contribution in [3.63, 3.8) is 0 Å². The number of rotatable bonds is 2. The number of hydrogen-bond donors (Lipinski definition) is 0. The van der Waals surface area contributed by atoms with E-state index in [2.05, 4.69) is 4.74 Å². The van der Waals surface area contributed by atoms with E-state index < -0.39 is 34.4 Å². The number of esters is 1. The molecule has 1 aliphatic rings. The second-order valence-electron chi connectivity index (χ2n) is 4.36. The number of carbonyl (C=O) groups is 1. The highest BCUT2D eigenvalue weighted by molar-refractivity contribution is 6.30. The van der Waals surface area contributed by atoms with Crippen LogP contribution in [-0.4, -0.2) is 19.3 Å². The minimum absolute atomic E-state index is 0.502. The highest BCUT2D eigenvalue weighted by atomic mass is 35.5. The molecular weight excluding hydrogens is 245 g/mol. The monoisotopic (exact) mass is 256 g/mol. The third kappa shape index (κ3) is 2.34. The molecule has 0 spiro atoms. The summed E-state index contributed by atoms with van der Waals surface area (Å²) in [6.45, 7) is 3.41. The van der Waals surface area contributed by atoms with Gasteiger partial charge in [-0.2, -0.15) is 13.2 Å². The lowest BCUT2D eigenvalue weighted by atomic mass is 10.1. The smallest absolute Gasteiger partial charge is 0.426 e. The van der Waals surface area contributed by atoms with E-state index in [4.69, 9.17) is 11.6 Å². The minimum Gasteiger partial charge on any atom is -0.469 e. The SMILES string of the molecule is COC(=O)[C@@H]1[C@H](/C=C(/Cl)C(F)(F)F)C1(C)C. The Bertz CT molecular complexity index is 333. The molecule has 0 aromatic carbocycles. The molecule has 6 heteroatoms. The van der Waals surface area contributed by atoms with Crippen molar-refractivity contribution < 1.29 is 22.7 Å². The second kappa shape index (κ2) is 3.95. The largest absolute Gasteiger partial charge is 0.469 e. The van der Waals surface area contributed by atoms with Crippen LogP contribution in [0.3, 0.4) is 0 Å². The van der Waals surface area contributed by atoms with Crippen LogP contribution in [0.4, 0.5) is 13.2 Å². The Morgan fingerprint density at radius 3 is 2.31 bits per heavy atom. The summed E-state index contributed by atoms with van der Waals surface area (Å²) in [7, 11) is 1.21. The minimum atomic E-state index is -4.55. The zero-order valence-electron chi connectivity index (χ0n) is 9.06. The van der Waals surface area contributed by atoms with Crippen molar-refractivity contribution in [3.8, 4) is 0 Å². The first-order chi connectivity index (χ1) is 7.12. The van der Waals surface area contributed by atoms with Crippen LogP contribution in [0.2, 0.25) is 0 Å². The molecule has 0 bridgehead atoms. The lowest BCUT2D eigenvalue weighted by Crippen LogP contribution is -2.08. The Hall–Kier alpha value is -0.710. The second-order valence-corrected chi connectivity index (χ2v) is 4.77. The predicted molar refractivity (Wildman–Crippen MR) is 52.8 cm³/mol. The Kier molecular flexibility index (Phi) is 3.29. The van der Waals surface area contributed by atoms with Gasteiger partial charge in [-0.3, -0.25) is 4.79 Å². The van der Waals surface area contributed by atoms with Crippen LogP contribution >= 0.6 is 11.6 Å². The molecule has 1 fully saturated rings. The molecule has 0 saturated heterocycles. The van der Waals surface area contributed by atoms with Crippen LogP contribution in [0.5, 0.6) is 0 Å². The van der Waals surface area contributed by atoms with Gasteiger partial charge in [0.05, 0.1) is 13.0 Å². The molecule has 1 saturated carbocycles. The van der Waals surface area contributed by atoms with Gasteiger partial charge < -0.3 is 4.74 Å². The van der Waals surface area contributed by atoms with Crippen molar-refractivity contribution >= 4 is 17.6 Å². The summed E-state index contributed by atoms with van der Waals surface area (Å²) in [5, 5.41) is -1.18. The first kappa shape index (κ1) is 13.4. The molecule has 1 aliphatic carbocycles. The number of allylic oxidation sites excluding steroid dienone is 2. The number of methoxy groups -OCH3 is 1. The Morgan fingerprint density at radius 1 is 1.44 bits per heavy atom. The van der Waals surface area contributed by atoms with Crippen LogP contribution < -0.4 is 0 Å². The summed E-state index contributed by atoms with van der Waals surface area (Å²) < 4.78 is 41.1. The van der Waals surface area contributed by atoms with E-state index in [0.29, 0.717) is 0 Å². The van der Waals surface area contributed by atoms with Gasteiger partial charge in [0.25, 0.3) is 0 Å². The molecule has 0 heterocycles. The van der Waals surface area contributed by atoms with E-state index in [9.17, 15) is 18.0 Å². The van der Waals surface area contributed by atoms with Crippen LogP contribution in [0.25, 0.3) is 0 Å². The highest BCUT2D eigenvalue weighted by Crippen LogP contribution is 2.60. The van der Waals surface area contributed by atoms with E-state index in [1.165, 1.54) is 7.11 Å². The third-order valence-electron chi connectivity index (χ3n) is 2.96. The number of alkyl halides is 3. The summed E-state index contributed by atoms with van der Waals surface area (Å²) in [5.41, 5.74) is -0.529. The Labute approximate surface area is 96.4 Å². The molecule has 2 atom stereocenters. The lowest BCUT2D eigenvalue weighted by Gasteiger charge is -2.04. The van der Waals surface area contributed by atoms with Gasteiger partial charge in [0.2, 0.25) is 0 Å². The first-order valence-electron chi connectivity index (χ1n) is 4.64. The van der Waals surface area contributed by atoms with Gasteiger partial charge in [0.15, 0.2) is 0 Å². The Morgan fingerprint density at radius 2 is 1.94 bits per heavy atom. The number of hydrogen-bond acceptors (Lipinski definition) is 2. The van der Waals surface area contributed by atoms with E-state index in [1.54, 1.807) is 13.8 Å². The summed E-state index contributed by atoms with van der Waals surface area (Å²) in [6.07, 6.45) is -3.66. The van der Waals surface area contributed by atoms with E-state index >= 15 is 0 Å². The van der Waals surface area contributed by atoms with Crippen molar-refractivity contribution in [2.45, 2.75) is 20.0 Å². The quantitative estimate of drug-likeness (QED) is 0.710. The third-order valence-corrected chi connectivity index (χ3v) is 3.30. The molecule has 92 valence electrons. The topological polar surface area (TPSA) is 26.3 Å².